The zero-order valence-electron chi connectivity index (χ0n) is 34.8. The summed E-state index contributed by atoms with van der Waals surface area (Å²) < 4.78 is 18.5. The molecule has 0 amide bonds. The fourth-order valence-electron chi connectivity index (χ4n) is 12.4. The average Bonchev–Trinajstić information content (AvgIpc) is 3.03. The van der Waals surface area contributed by atoms with Crippen molar-refractivity contribution in [1.82, 2.24) is 0 Å². The van der Waals surface area contributed by atoms with Gasteiger partial charge in [-0.3, -0.25) is 0 Å². The summed E-state index contributed by atoms with van der Waals surface area (Å²) in [5.41, 5.74) is 1.28. The number of fused-ring (bicyclic) bond motifs is 7. The van der Waals surface area contributed by atoms with Crippen LogP contribution >= 0.6 is 0 Å². The van der Waals surface area contributed by atoms with Crippen molar-refractivity contribution in [3.63, 3.8) is 0 Å². The summed E-state index contributed by atoms with van der Waals surface area (Å²) in [6.07, 6.45) is 9.37. The van der Waals surface area contributed by atoms with Crippen molar-refractivity contribution in [3.05, 3.63) is 46.6 Å². The Morgan fingerprint density at radius 2 is 1.43 bits per heavy atom. The average molecular weight is 739 g/mol. The molecular weight excluding hydrogens is 668 g/mol. The van der Waals surface area contributed by atoms with Crippen molar-refractivity contribution in [2.75, 3.05) is 19.8 Å². The van der Waals surface area contributed by atoms with Crippen molar-refractivity contribution in [2.24, 2.45) is 50.2 Å². The number of ether oxygens (including phenoxy) is 3. The normalized spacial score (nSPS) is 42.6. The van der Waals surface area contributed by atoms with Crippen molar-refractivity contribution in [2.45, 2.75) is 152 Å². The summed E-state index contributed by atoms with van der Waals surface area (Å²) in [6, 6.07) is 0. The van der Waals surface area contributed by atoms with Gasteiger partial charge in [0.05, 0.1) is 36.9 Å². The van der Waals surface area contributed by atoms with E-state index in [-0.39, 0.29) is 59.2 Å². The molecule has 0 aliphatic heterocycles. The minimum Gasteiger partial charge on any atom is -0.462 e. The lowest BCUT2D eigenvalue weighted by Crippen LogP contribution is -2.72. The maximum absolute atomic E-state index is 13.1. The molecule has 0 saturated heterocycles. The topological polar surface area (TPSA) is 123 Å². The summed E-state index contributed by atoms with van der Waals surface area (Å²) in [5.74, 6) is -0.522. The molecule has 12 atom stereocenters. The zero-order chi connectivity index (χ0) is 39.5. The van der Waals surface area contributed by atoms with Crippen LogP contribution in [0.4, 0.5) is 0 Å². The summed E-state index contributed by atoms with van der Waals surface area (Å²) in [6.45, 7) is 25.7. The highest BCUT2D eigenvalue weighted by atomic mass is 16.6. The van der Waals surface area contributed by atoms with Crippen molar-refractivity contribution < 1.29 is 39.1 Å². The van der Waals surface area contributed by atoms with Crippen LogP contribution in [0, 0.1) is 50.2 Å². The molecule has 0 heterocycles. The van der Waals surface area contributed by atoms with Gasteiger partial charge in [0.25, 0.3) is 0 Å². The molecular formula is C45H70O8. The van der Waals surface area contributed by atoms with Gasteiger partial charge in [-0.05, 0) is 126 Å². The van der Waals surface area contributed by atoms with Crippen molar-refractivity contribution in [1.29, 1.82) is 0 Å². The van der Waals surface area contributed by atoms with Crippen LogP contribution in [0.25, 0.3) is 0 Å². The standard InChI is InChI=1S/C45H70O8/c1-27(2)17-20-51-26-45-31(23-40(7,8)38(49)39(45)50)30-13-14-33-41(9)18-16-35(53-37(48)22-29(5)6)42(10,25-52-36(47)21-28(3)4)32(41)15-19-43(33,11)44(30,12)24-34(45)46/h13,17,21-22,31-35,38-39,46,49-50H,14-16,18-20,23-26H2,1-12H3/t31?,32?,33?,34-,35+,38+,39+,41+,42-,43-,44-,45+/m1/s1. The van der Waals surface area contributed by atoms with Gasteiger partial charge in [0.1, 0.15) is 12.7 Å². The van der Waals surface area contributed by atoms with Gasteiger partial charge in [0.2, 0.25) is 0 Å². The predicted molar refractivity (Wildman–Crippen MR) is 207 cm³/mol. The summed E-state index contributed by atoms with van der Waals surface area (Å²) in [4.78, 5) is 26.0. The Labute approximate surface area is 319 Å². The molecule has 0 spiro atoms. The van der Waals surface area contributed by atoms with Gasteiger partial charge in [0, 0.05) is 17.6 Å². The van der Waals surface area contributed by atoms with Gasteiger partial charge < -0.3 is 29.5 Å². The molecule has 53 heavy (non-hydrogen) atoms. The third-order valence-corrected chi connectivity index (χ3v) is 15.4. The molecule has 3 N–H and O–H groups in total. The van der Waals surface area contributed by atoms with E-state index in [0.717, 1.165) is 42.4 Å². The van der Waals surface area contributed by atoms with E-state index in [1.165, 1.54) is 11.6 Å². The van der Waals surface area contributed by atoms with E-state index in [1.54, 1.807) is 6.08 Å². The van der Waals surface area contributed by atoms with Crippen LogP contribution in [-0.4, -0.2) is 71.5 Å². The molecule has 0 aromatic rings. The van der Waals surface area contributed by atoms with Crippen LogP contribution in [0.5, 0.6) is 0 Å². The first-order valence-electron chi connectivity index (χ1n) is 20.1. The molecule has 5 rings (SSSR count). The van der Waals surface area contributed by atoms with Crippen LogP contribution < -0.4 is 0 Å². The fourth-order valence-corrected chi connectivity index (χ4v) is 12.4. The Morgan fingerprint density at radius 1 is 0.792 bits per heavy atom. The van der Waals surface area contributed by atoms with Crippen molar-refractivity contribution >= 4 is 11.9 Å². The Morgan fingerprint density at radius 3 is 2.06 bits per heavy atom. The maximum atomic E-state index is 13.1. The van der Waals surface area contributed by atoms with Gasteiger partial charge in [-0.25, -0.2) is 9.59 Å². The Hall–Kier alpha value is -2.26. The third-order valence-electron chi connectivity index (χ3n) is 15.4. The number of hydrogen-bond donors (Lipinski definition) is 3. The number of hydrogen-bond acceptors (Lipinski definition) is 8. The lowest BCUT2D eigenvalue weighted by atomic mass is 9.33. The largest absolute Gasteiger partial charge is 0.462 e. The Kier molecular flexibility index (Phi) is 11.6. The number of rotatable bonds is 9. The monoisotopic (exact) mass is 739 g/mol. The van der Waals surface area contributed by atoms with E-state index in [2.05, 4.69) is 33.8 Å². The minimum atomic E-state index is -1.14. The molecule has 5 aliphatic rings. The van der Waals surface area contributed by atoms with Gasteiger partial charge in [-0.1, -0.05) is 76.0 Å². The second-order valence-corrected chi connectivity index (χ2v) is 20.1. The van der Waals surface area contributed by atoms with E-state index in [4.69, 9.17) is 14.2 Å². The number of esters is 2. The van der Waals surface area contributed by atoms with E-state index in [0.29, 0.717) is 25.9 Å². The third kappa shape index (κ3) is 6.95. The second kappa shape index (κ2) is 14.7. The van der Waals surface area contributed by atoms with E-state index in [1.807, 2.05) is 61.5 Å². The number of allylic oxidation sites excluding steroid dienone is 5. The zero-order valence-corrected chi connectivity index (χ0v) is 34.8. The first kappa shape index (κ1) is 41.9. The molecule has 8 heteroatoms. The minimum absolute atomic E-state index is 0.117. The van der Waals surface area contributed by atoms with Crippen LogP contribution in [-0.2, 0) is 23.8 Å². The molecule has 3 unspecified atom stereocenters. The molecule has 0 radical (unpaired) electrons. The van der Waals surface area contributed by atoms with Crippen LogP contribution in [0.3, 0.4) is 0 Å². The summed E-state index contributed by atoms with van der Waals surface area (Å²) in [5, 5.41) is 36.0. The van der Waals surface area contributed by atoms with Crippen LogP contribution in [0.1, 0.15) is 128 Å². The predicted octanol–water partition coefficient (Wildman–Crippen LogP) is 8.05. The number of aliphatic hydroxyl groups is 3. The van der Waals surface area contributed by atoms with E-state index >= 15 is 0 Å². The highest BCUT2D eigenvalue weighted by molar-refractivity contribution is 5.83. The number of carbonyl (C=O) groups excluding carboxylic acids is 2. The first-order chi connectivity index (χ1) is 24.5. The maximum Gasteiger partial charge on any atom is 0.330 e. The van der Waals surface area contributed by atoms with Gasteiger partial charge in [0.15, 0.2) is 0 Å². The number of carbonyl (C=O) groups is 2. The molecule has 298 valence electrons. The van der Waals surface area contributed by atoms with Crippen molar-refractivity contribution in [3.8, 4) is 0 Å². The van der Waals surface area contributed by atoms with Gasteiger partial charge in [-0.2, -0.15) is 0 Å². The quantitative estimate of drug-likeness (QED) is 0.0941. The molecule has 5 aliphatic carbocycles. The molecule has 4 fully saturated rings. The first-order valence-corrected chi connectivity index (χ1v) is 20.1. The summed E-state index contributed by atoms with van der Waals surface area (Å²) >= 11 is 0. The molecule has 0 aromatic heterocycles. The highest BCUT2D eigenvalue weighted by Gasteiger charge is 2.72. The van der Waals surface area contributed by atoms with Crippen LogP contribution in [0.15, 0.2) is 46.6 Å². The van der Waals surface area contributed by atoms with E-state index < -0.39 is 40.7 Å². The second-order valence-electron chi connectivity index (χ2n) is 20.1. The van der Waals surface area contributed by atoms with Gasteiger partial charge in [-0.15, -0.1) is 0 Å². The molecule has 0 bridgehead atoms. The fraction of sp³-hybridized carbons (Fsp3) is 0.778. The Bertz CT molecular complexity index is 1540. The smallest absolute Gasteiger partial charge is 0.330 e. The molecule has 4 saturated carbocycles. The lowest BCUT2D eigenvalue weighted by Gasteiger charge is -2.72. The highest BCUT2D eigenvalue weighted by Crippen LogP contribution is 2.76. The number of aliphatic hydroxyl groups excluding tert-OH is 3. The SMILES string of the molecule is CC(C)=CCOC[C@@]12C(CC(C)(C)[C@@H](O)[C@@H]1O)C1=CCC3[C@@]4(C)CC[C@H](OC(=O)C=C(C)C)[C@](C)(COC(=O)C=C(C)C)C4CC[C@@]3(C)[C@]1(C)C[C@H]2O. The van der Waals surface area contributed by atoms with Gasteiger partial charge >= 0.3 is 11.9 Å². The van der Waals surface area contributed by atoms with Crippen LogP contribution in [0.2, 0.25) is 0 Å². The van der Waals surface area contributed by atoms with E-state index in [9.17, 15) is 24.9 Å². The lowest BCUT2D eigenvalue weighted by molar-refractivity contribution is -0.262. The Balaban J connectivity index is 1.56. The molecule has 8 nitrogen and oxygen atoms in total. The summed E-state index contributed by atoms with van der Waals surface area (Å²) in [7, 11) is 0. The molecule has 0 aromatic carbocycles.